The predicted molar refractivity (Wildman–Crippen MR) is 120 cm³/mol. The molecule has 156 valence electrons. The van der Waals surface area contributed by atoms with Gasteiger partial charge >= 0.3 is 0 Å². The fourth-order valence-corrected chi connectivity index (χ4v) is 5.24. The van der Waals surface area contributed by atoms with Crippen LogP contribution < -0.4 is 4.74 Å². The van der Waals surface area contributed by atoms with Gasteiger partial charge in [-0.2, -0.15) is 0 Å². The van der Waals surface area contributed by atoms with E-state index in [1.165, 1.54) is 23.1 Å². The Bertz CT molecular complexity index is 837. The molecule has 29 heavy (non-hydrogen) atoms. The quantitative estimate of drug-likeness (QED) is 0.657. The van der Waals surface area contributed by atoms with Crippen molar-refractivity contribution >= 4 is 0 Å². The Morgan fingerprint density at radius 1 is 1.00 bits per heavy atom. The van der Waals surface area contributed by atoms with Gasteiger partial charge in [0.25, 0.3) is 0 Å². The molecule has 1 saturated carbocycles. The summed E-state index contributed by atoms with van der Waals surface area (Å²) in [5, 5.41) is 0. The van der Waals surface area contributed by atoms with Gasteiger partial charge in [0.2, 0.25) is 0 Å². The molecule has 1 aliphatic heterocycles. The molecule has 3 unspecified atom stereocenters. The third-order valence-electron chi connectivity index (χ3n) is 6.59. The Morgan fingerprint density at radius 2 is 1.69 bits per heavy atom. The van der Waals surface area contributed by atoms with Crippen LogP contribution in [0, 0.1) is 0 Å². The van der Waals surface area contributed by atoms with Gasteiger partial charge in [-0.1, -0.05) is 50.2 Å². The van der Waals surface area contributed by atoms with Crippen LogP contribution in [0.15, 0.2) is 48.5 Å². The summed E-state index contributed by atoms with van der Waals surface area (Å²) in [6.45, 7) is 13.9. The smallest absolute Gasteiger partial charge is 0.118 e. The van der Waals surface area contributed by atoms with Gasteiger partial charge in [-0.3, -0.25) is 9.80 Å². The number of hydrogen-bond donors (Lipinski definition) is 0. The van der Waals surface area contributed by atoms with Gasteiger partial charge in [0, 0.05) is 36.8 Å². The number of piperazine rings is 1. The first-order valence-electron chi connectivity index (χ1n) is 11.0. The van der Waals surface area contributed by atoms with Crippen molar-refractivity contribution in [3.8, 4) is 5.75 Å². The molecule has 0 aromatic heterocycles. The van der Waals surface area contributed by atoms with E-state index < -0.39 is 0 Å². The van der Waals surface area contributed by atoms with Crippen LogP contribution in [-0.4, -0.2) is 41.1 Å². The molecule has 2 aromatic carbocycles. The first kappa shape index (κ1) is 20.4. The average molecular weight is 393 g/mol. The van der Waals surface area contributed by atoms with Crippen molar-refractivity contribution in [1.82, 2.24) is 9.80 Å². The summed E-state index contributed by atoms with van der Waals surface area (Å²) < 4.78 is 5.33. The third-order valence-corrected chi connectivity index (χ3v) is 6.59. The minimum atomic E-state index is 0.167. The molecule has 0 bridgehead atoms. The van der Waals surface area contributed by atoms with E-state index in [0.29, 0.717) is 24.0 Å². The lowest BCUT2D eigenvalue weighted by atomic mass is 9.88. The van der Waals surface area contributed by atoms with Gasteiger partial charge in [0.15, 0.2) is 0 Å². The van der Waals surface area contributed by atoms with Crippen molar-refractivity contribution in [2.45, 2.75) is 77.2 Å². The number of nitrogens with zero attached hydrogens (tertiary/aromatic N) is 2. The fourth-order valence-electron chi connectivity index (χ4n) is 5.24. The Balaban J connectivity index is 1.64. The van der Waals surface area contributed by atoms with Crippen molar-refractivity contribution in [3.05, 3.63) is 65.2 Å². The maximum Gasteiger partial charge on any atom is 0.118 e. The maximum absolute atomic E-state index is 5.33. The van der Waals surface area contributed by atoms with Crippen molar-refractivity contribution < 1.29 is 4.74 Å². The second-order valence-corrected chi connectivity index (χ2v) is 10.0. The van der Waals surface area contributed by atoms with Crippen LogP contribution in [-0.2, 0) is 6.54 Å². The normalized spacial score (nSPS) is 25.1. The zero-order valence-corrected chi connectivity index (χ0v) is 18.9. The summed E-state index contributed by atoms with van der Waals surface area (Å²) in [6, 6.07) is 19.5. The predicted octanol–water partition coefficient (Wildman–Crippen LogP) is 5.62. The second-order valence-electron chi connectivity index (χ2n) is 10.0. The van der Waals surface area contributed by atoms with Crippen LogP contribution in [0.1, 0.15) is 69.7 Å². The minimum absolute atomic E-state index is 0.167. The highest BCUT2D eigenvalue weighted by Crippen LogP contribution is 2.49. The highest BCUT2D eigenvalue weighted by atomic mass is 16.5. The number of ether oxygens (including phenoxy) is 1. The largest absolute Gasteiger partial charge is 0.497 e. The van der Waals surface area contributed by atoms with Crippen LogP contribution in [0.3, 0.4) is 0 Å². The summed E-state index contributed by atoms with van der Waals surface area (Å²) in [7, 11) is 1.73. The average Bonchev–Trinajstić information content (AvgIpc) is 3.48. The highest BCUT2D eigenvalue weighted by Gasteiger charge is 2.55. The van der Waals surface area contributed by atoms with E-state index in [9.17, 15) is 0 Å². The van der Waals surface area contributed by atoms with E-state index in [2.05, 4.69) is 92.9 Å². The van der Waals surface area contributed by atoms with Crippen molar-refractivity contribution in [2.75, 3.05) is 13.7 Å². The van der Waals surface area contributed by atoms with Crippen LogP contribution in [0.2, 0.25) is 0 Å². The lowest BCUT2D eigenvalue weighted by Crippen LogP contribution is -2.55. The number of benzene rings is 2. The Hall–Kier alpha value is -1.84. The van der Waals surface area contributed by atoms with Gasteiger partial charge in [-0.25, -0.2) is 0 Å². The summed E-state index contributed by atoms with van der Waals surface area (Å²) in [5.74, 6) is 1.47. The van der Waals surface area contributed by atoms with E-state index >= 15 is 0 Å². The Morgan fingerprint density at radius 3 is 2.31 bits per heavy atom. The van der Waals surface area contributed by atoms with Crippen LogP contribution >= 0.6 is 0 Å². The van der Waals surface area contributed by atoms with Gasteiger partial charge in [0.05, 0.1) is 7.11 Å². The molecular weight excluding hydrogens is 356 g/mol. The zero-order valence-electron chi connectivity index (χ0n) is 18.9. The van der Waals surface area contributed by atoms with Crippen molar-refractivity contribution in [3.63, 3.8) is 0 Å². The van der Waals surface area contributed by atoms with E-state index in [-0.39, 0.29) is 5.54 Å². The van der Waals surface area contributed by atoms with Gasteiger partial charge < -0.3 is 4.74 Å². The van der Waals surface area contributed by atoms with Crippen LogP contribution in [0.25, 0.3) is 0 Å². The first-order valence-corrected chi connectivity index (χ1v) is 11.0. The summed E-state index contributed by atoms with van der Waals surface area (Å²) >= 11 is 0. The van der Waals surface area contributed by atoms with Gasteiger partial charge in [-0.15, -0.1) is 0 Å². The molecule has 3 atom stereocenters. The molecule has 1 aliphatic carbocycles. The summed E-state index contributed by atoms with van der Waals surface area (Å²) in [6.07, 6.45) is 1.29. The highest BCUT2D eigenvalue weighted by molar-refractivity contribution is 5.35. The lowest BCUT2D eigenvalue weighted by Gasteiger charge is -2.48. The monoisotopic (exact) mass is 392 g/mol. The van der Waals surface area contributed by atoms with Crippen LogP contribution in [0.5, 0.6) is 5.75 Å². The van der Waals surface area contributed by atoms with Crippen LogP contribution in [0.4, 0.5) is 0 Å². The summed E-state index contributed by atoms with van der Waals surface area (Å²) in [4.78, 5) is 5.53. The standard InChI is InChI=1S/C26H36N2O/c1-18(2)21-9-7-8-10-22(21)25-17-27(16-19-11-13-20(29-6)14-12-19)23-15-24(23)28(25)26(3,4)5/h7-14,18,23-25H,15-17H2,1-6H3. The molecule has 1 heterocycles. The van der Waals surface area contributed by atoms with Gasteiger partial charge in [0.1, 0.15) is 5.75 Å². The lowest BCUT2D eigenvalue weighted by molar-refractivity contribution is 0.00123. The number of methoxy groups -OCH3 is 1. The third kappa shape index (κ3) is 4.08. The van der Waals surface area contributed by atoms with Gasteiger partial charge in [-0.05, 0) is 61.9 Å². The number of rotatable bonds is 5. The molecule has 4 rings (SSSR count). The second kappa shape index (κ2) is 7.77. The molecule has 3 heteroatoms. The van der Waals surface area contributed by atoms with E-state index in [4.69, 9.17) is 4.74 Å². The topological polar surface area (TPSA) is 15.7 Å². The van der Waals surface area contributed by atoms with Crippen molar-refractivity contribution in [2.24, 2.45) is 0 Å². The molecule has 0 N–H and O–H groups in total. The zero-order chi connectivity index (χ0) is 20.8. The molecule has 0 amide bonds. The fraction of sp³-hybridized carbons (Fsp3) is 0.538. The number of fused-ring (bicyclic) bond motifs is 1. The van der Waals surface area contributed by atoms with Crippen molar-refractivity contribution in [1.29, 1.82) is 0 Å². The summed E-state index contributed by atoms with van der Waals surface area (Å²) in [5.41, 5.74) is 4.55. The van der Waals surface area contributed by atoms with E-state index in [1.807, 2.05) is 0 Å². The Kier molecular flexibility index (Phi) is 5.48. The molecule has 1 saturated heterocycles. The first-order chi connectivity index (χ1) is 13.8. The molecule has 0 radical (unpaired) electrons. The molecular formula is C26H36N2O. The molecule has 3 nitrogen and oxygen atoms in total. The molecule has 0 spiro atoms. The Labute approximate surface area is 176 Å². The molecule has 2 aliphatic rings. The maximum atomic E-state index is 5.33. The SMILES string of the molecule is COc1ccc(CN2CC(c3ccccc3C(C)C)N(C(C)(C)C)C3CC32)cc1. The van der Waals surface area contributed by atoms with E-state index in [0.717, 1.165) is 18.8 Å². The molecule has 2 aromatic rings. The molecule has 2 fully saturated rings. The van der Waals surface area contributed by atoms with E-state index in [1.54, 1.807) is 7.11 Å². The minimum Gasteiger partial charge on any atom is -0.497 e. The number of hydrogen-bond acceptors (Lipinski definition) is 3.